The van der Waals surface area contributed by atoms with E-state index in [4.69, 9.17) is 4.74 Å². The molecule has 0 bridgehead atoms. The maximum atomic E-state index is 12.7. The zero-order chi connectivity index (χ0) is 17.8. The summed E-state index contributed by atoms with van der Waals surface area (Å²) in [6, 6.07) is 1.10. The first-order valence-electron chi connectivity index (χ1n) is 8.59. The Morgan fingerprint density at radius 1 is 1.20 bits per heavy atom. The molecule has 0 aliphatic carbocycles. The van der Waals surface area contributed by atoms with Gasteiger partial charge in [-0.15, -0.1) is 0 Å². The molecule has 1 aromatic heterocycles. The van der Waals surface area contributed by atoms with Gasteiger partial charge in [0.05, 0.1) is 13.2 Å². The summed E-state index contributed by atoms with van der Waals surface area (Å²) in [7, 11) is 0. The second-order valence-electron chi connectivity index (χ2n) is 6.77. The first kappa shape index (κ1) is 17.8. The second-order valence-corrected chi connectivity index (χ2v) is 6.77. The molecule has 3 rings (SSSR count). The molecule has 3 N–H and O–H groups in total. The summed E-state index contributed by atoms with van der Waals surface area (Å²) in [6.45, 7) is 4.99. The highest BCUT2D eigenvalue weighted by atomic mass is 16.5. The quantitative estimate of drug-likeness (QED) is 0.605. The number of rotatable bonds is 4. The lowest BCUT2D eigenvalue weighted by molar-refractivity contribution is 0.0129. The molecule has 0 aromatic carbocycles. The van der Waals surface area contributed by atoms with E-state index in [1.165, 1.54) is 0 Å². The Kier molecular flexibility index (Phi) is 5.67. The molecule has 1 amide bonds. The van der Waals surface area contributed by atoms with Gasteiger partial charge in [-0.3, -0.25) is 19.5 Å². The Hall–Kier alpha value is -1.97. The standard InChI is InChI=1S/C16H24N4O5/c21-10-12-5-11(7-19-1-3-25-4-2-19)8-20(9-12)15(23)13-6-14(22)18-16(24)17-13/h6,11-12,21H,1-5,7-10H2,(H2,17,18,22,24)/t11-,12-/m1/s1. The van der Waals surface area contributed by atoms with Gasteiger partial charge < -0.3 is 19.7 Å². The van der Waals surface area contributed by atoms with E-state index >= 15 is 0 Å². The summed E-state index contributed by atoms with van der Waals surface area (Å²) in [5.41, 5.74) is -1.32. The zero-order valence-corrected chi connectivity index (χ0v) is 14.1. The van der Waals surface area contributed by atoms with Gasteiger partial charge in [0.25, 0.3) is 11.5 Å². The van der Waals surface area contributed by atoms with E-state index in [9.17, 15) is 19.5 Å². The van der Waals surface area contributed by atoms with Crippen LogP contribution in [0, 0.1) is 11.8 Å². The fourth-order valence-corrected chi connectivity index (χ4v) is 3.65. The average molecular weight is 352 g/mol. The van der Waals surface area contributed by atoms with Crippen molar-refractivity contribution in [1.29, 1.82) is 0 Å². The fraction of sp³-hybridized carbons (Fsp3) is 0.688. The SMILES string of the molecule is O=C(c1cc(=O)[nH]c(=O)[nH]1)N1C[C@H](CO)C[C@H](CN2CCOCC2)C1. The number of nitrogens with one attached hydrogen (secondary N) is 2. The molecule has 25 heavy (non-hydrogen) atoms. The summed E-state index contributed by atoms with van der Waals surface area (Å²) in [4.78, 5) is 43.9. The van der Waals surface area contributed by atoms with Crippen molar-refractivity contribution >= 4 is 5.91 Å². The molecule has 9 nitrogen and oxygen atoms in total. The number of hydrogen-bond donors (Lipinski definition) is 3. The predicted octanol–water partition coefficient (Wildman–Crippen LogP) is -1.53. The number of morpholine rings is 1. The molecule has 0 saturated carbocycles. The van der Waals surface area contributed by atoms with E-state index in [0.29, 0.717) is 26.3 Å². The maximum Gasteiger partial charge on any atom is 0.326 e. The summed E-state index contributed by atoms with van der Waals surface area (Å²) in [6.07, 6.45) is 0.851. The first-order valence-corrected chi connectivity index (χ1v) is 8.59. The van der Waals surface area contributed by atoms with Crippen molar-refractivity contribution in [1.82, 2.24) is 19.8 Å². The highest BCUT2D eigenvalue weighted by Crippen LogP contribution is 2.24. The van der Waals surface area contributed by atoms with Gasteiger partial charge in [0.1, 0.15) is 5.69 Å². The summed E-state index contributed by atoms with van der Waals surface area (Å²) in [5, 5.41) is 9.59. The van der Waals surface area contributed by atoms with Crippen molar-refractivity contribution in [2.75, 3.05) is 52.5 Å². The van der Waals surface area contributed by atoms with E-state index in [0.717, 1.165) is 32.1 Å². The molecule has 2 saturated heterocycles. The molecule has 138 valence electrons. The van der Waals surface area contributed by atoms with Crippen LogP contribution in [0.2, 0.25) is 0 Å². The molecule has 1 aromatic rings. The number of aromatic nitrogens is 2. The van der Waals surface area contributed by atoms with Crippen molar-refractivity contribution < 1.29 is 14.6 Å². The third kappa shape index (κ3) is 4.56. The summed E-state index contributed by atoms with van der Waals surface area (Å²) >= 11 is 0. The van der Waals surface area contributed by atoms with Crippen LogP contribution in [0.25, 0.3) is 0 Å². The number of aliphatic hydroxyl groups excluding tert-OH is 1. The van der Waals surface area contributed by atoms with Gasteiger partial charge in [-0.2, -0.15) is 0 Å². The fourth-order valence-electron chi connectivity index (χ4n) is 3.65. The van der Waals surface area contributed by atoms with E-state index in [1.807, 2.05) is 0 Å². The monoisotopic (exact) mass is 352 g/mol. The van der Waals surface area contributed by atoms with Gasteiger partial charge in [0, 0.05) is 45.4 Å². The topological polar surface area (TPSA) is 119 Å². The molecule has 3 heterocycles. The molecule has 2 fully saturated rings. The van der Waals surface area contributed by atoms with Crippen LogP contribution >= 0.6 is 0 Å². The Morgan fingerprint density at radius 2 is 1.92 bits per heavy atom. The summed E-state index contributed by atoms with van der Waals surface area (Å²) in [5.74, 6) is -0.146. The molecule has 2 aliphatic heterocycles. The van der Waals surface area contributed by atoms with Crippen molar-refractivity contribution in [2.24, 2.45) is 11.8 Å². The van der Waals surface area contributed by atoms with Gasteiger partial charge in [0.2, 0.25) is 0 Å². The van der Waals surface area contributed by atoms with E-state index < -0.39 is 11.2 Å². The first-order chi connectivity index (χ1) is 12.0. The van der Waals surface area contributed by atoms with Gasteiger partial charge in [0.15, 0.2) is 0 Å². The van der Waals surface area contributed by atoms with Crippen LogP contribution in [-0.4, -0.2) is 83.3 Å². The van der Waals surface area contributed by atoms with Gasteiger partial charge >= 0.3 is 5.69 Å². The number of H-pyrrole nitrogens is 2. The second kappa shape index (κ2) is 7.94. The lowest BCUT2D eigenvalue weighted by Gasteiger charge is -2.39. The molecular formula is C16H24N4O5. The van der Waals surface area contributed by atoms with Crippen molar-refractivity contribution in [3.63, 3.8) is 0 Å². The molecule has 0 radical (unpaired) electrons. The van der Waals surface area contributed by atoms with E-state index in [2.05, 4.69) is 14.9 Å². The maximum absolute atomic E-state index is 12.7. The number of hydrogen-bond acceptors (Lipinski definition) is 6. The molecule has 2 aliphatic rings. The molecule has 0 unspecified atom stereocenters. The number of likely N-dealkylation sites (tertiary alicyclic amines) is 1. The predicted molar refractivity (Wildman–Crippen MR) is 89.5 cm³/mol. The minimum atomic E-state index is -0.698. The number of ether oxygens (including phenoxy) is 1. The Morgan fingerprint density at radius 3 is 2.60 bits per heavy atom. The Balaban J connectivity index is 1.71. The largest absolute Gasteiger partial charge is 0.396 e. The number of nitrogens with zero attached hydrogens (tertiary/aromatic N) is 2. The van der Waals surface area contributed by atoms with Crippen molar-refractivity contribution in [3.8, 4) is 0 Å². The minimum absolute atomic E-state index is 0.00235. The van der Waals surface area contributed by atoms with E-state index in [-0.39, 0.29) is 30.0 Å². The van der Waals surface area contributed by atoms with Gasteiger partial charge in [-0.25, -0.2) is 4.79 Å². The Labute approximate surface area is 144 Å². The normalized spacial score (nSPS) is 25.1. The minimum Gasteiger partial charge on any atom is -0.396 e. The lowest BCUT2D eigenvalue weighted by Crippen LogP contribution is -2.49. The number of aliphatic hydroxyl groups is 1. The average Bonchev–Trinajstić information content (AvgIpc) is 2.60. The highest BCUT2D eigenvalue weighted by molar-refractivity contribution is 5.92. The van der Waals surface area contributed by atoms with Crippen LogP contribution in [0.15, 0.2) is 15.7 Å². The van der Waals surface area contributed by atoms with Crippen molar-refractivity contribution in [2.45, 2.75) is 6.42 Å². The van der Waals surface area contributed by atoms with Crippen LogP contribution in [-0.2, 0) is 4.74 Å². The Bertz CT molecular complexity index is 681. The lowest BCUT2D eigenvalue weighted by atomic mass is 9.89. The van der Waals surface area contributed by atoms with Crippen LogP contribution in [0.5, 0.6) is 0 Å². The third-order valence-corrected chi connectivity index (χ3v) is 4.78. The van der Waals surface area contributed by atoms with Crippen LogP contribution in [0.1, 0.15) is 16.9 Å². The summed E-state index contributed by atoms with van der Waals surface area (Å²) < 4.78 is 5.36. The van der Waals surface area contributed by atoms with Crippen molar-refractivity contribution in [3.05, 3.63) is 32.6 Å². The van der Waals surface area contributed by atoms with Crippen LogP contribution in [0.4, 0.5) is 0 Å². The molecule has 9 heteroatoms. The molecule has 2 atom stereocenters. The van der Waals surface area contributed by atoms with Gasteiger partial charge in [-0.05, 0) is 18.3 Å². The van der Waals surface area contributed by atoms with Crippen LogP contribution in [0.3, 0.4) is 0 Å². The number of carbonyl (C=O) groups is 1. The van der Waals surface area contributed by atoms with E-state index in [1.54, 1.807) is 4.90 Å². The molecule has 0 spiro atoms. The van der Waals surface area contributed by atoms with Gasteiger partial charge in [-0.1, -0.05) is 0 Å². The third-order valence-electron chi connectivity index (χ3n) is 4.78. The number of carbonyl (C=O) groups excluding carboxylic acids is 1. The van der Waals surface area contributed by atoms with Crippen LogP contribution < -0.4 is 11.2 Å². The molecular weight excluding hydrogens is 328 g/mol. The zero-order valence-electron chi connectivity index (χ0n) is 14.1. The smallest absolute Gasteiger partial charge is 0.326 e. The number of amides is 1. The number of aromatic amines is 2. The highest BCUT2D eigenvalue weighted by Gasteiger charge is 2.32. The number of piperidine rings is 1.